The summed E-state index contributed by atoms with van der Waals surface area (Å²) >= 11 is 0. The first kappa shape index (κ1) is 25.4. The summed E-state index contributed by atoms with van der Waals surface area (Å²) in [4.78, 5) is 10.8. The Hall–Kier alpha value is -2.82. The fourth-order valence-corrected chi connectivity index (χ4v) is 3.15. The van der Waals surface area contributed by atoms with Crippen molar-refractivity contribution >= 4 is 29.9 Å². The normalized spacial score (nSPS) is 11.0. The molecule has 1 heterocycles. The van der Waals surface area contributed by atoms with E-state index >= 15 is 0 Å². The maximum Gasteiger partial charge on any atom is 0.226 e. The second kappa shape index (κ2) is 12.3. The van der Waals surface area contributed by atoms with Gasteiger partial charge in [0, 0.05) is 50.8 Å². The van der Waals surface area contributed by atoms with Crippen molar-refractivity contribution in [1.82, 2.24) is 15.2 Å². The zero-order chi connectivity index (χ0) is 22.2. The quantitative estimate of drug-likeness (QED) is 0.254. The van der Waals surface area contributed by atoms with Crippen molar-refractivity contribution in [3.63, 3.8) is 0 Å². The lowest BCUT2D eigenvalue weighted by Gasteiger charge is -2.23. The summed E-state index contributed by atoms with van der Waals surface area (Å²) in [6.45, 7) is 1.25. The zero-order valence-electron chi connectivity index (χ0n) is 18.6. The van der Waals surface area contributed by atoms with Crippen molar-refractivity contribution in [3.05, 3.63) is 65.8 Å². The molecule has 0 saturated carbocycles. The molecule has 32 heavy (non-hydrogen) atoms. The Morgan fingerprint density at radius 1 is 1.16 bits per heavy atom. The van der Waals surface area contributed by atoms with E-state index in [9.17, 15) is 4.39 Å². The molecule has 0 fully saturated rings. The molecule has 0 saturated heterocycles. The maximum atomic E-state index is 13.1. The lowest BCUT2D eigenvalue weighted by atomic mass is 10.2. The van der Waals surface area contributed by atoms with Crippen molar-refractivity contribution in [3.8, 4) is 23.0 Å². The fourth-order valence-electron chi connectivity index (χ4n) is 3.15. The van der Waals surface area contributed by atoms with Gasteiger partial charge in [0.1, 0.15) is 23.6 Å². The average Bonchev–Trinajstić information content (AvgIpc) is 3.26. The van der Waals surface area contributed by atoms with Crippen molar-refractivity contribution in [2.45, 2.75) is 13.0 Å². The first-order chi connectivity index (χ1) is 15.0. The number of hydrogen-bond donors (Lipinski definition) is 1. The molecule has 0 spiro atoms. The van der Waals surface area contributed by atoms with E-state index in [-0.39, 0.29) is 29.8 Å². The van der Waals surface area contributed by atoms with Crippen LogP contribution in [0.15, 0.2) is 58.1 Å². The number of nitrogens with zero attached hydrogens (tertiary/aromatic N) is 3. The van der Waals surface area contributed by atoms with Crippen molar-refractivity contribution in [2.24, 2.45) is 4.99 Å². The number of rotatable bonds is 8. The summed E-state index contributed by atoms with van der Waals surface area (Å²) in [5.41, 5.74) is 2.57. The number of aliphatic imine (C=N–C) groups is 1. The summed E-state index contributed by atoms with van der Waals surface area (Å²) in [5, 5.41) is 3.33. The smallest absolute Gasteiger partial charge is 0.226 e. The summed E-state index contributed by atoms with van der Waals surface area (Å²) in [6.07, 6.45) is 2.28. The number of guanidine groups is 1. The molecule has 1 aromatic heterocycles. The van der Waals surface area contributed by atoms with Crippen LogP contribution in [0.25, 0.3) is 11.5 Å². The molecular formula is C23H28FIN4O3. The van der Waals surface area contributed by atoms with E-state index in [1.54, 1.807) is 39.7 Å². The molecule has 0 radical (unpaired) electrons. The van der Waals surface area contributed by atoms with E-state index in [0.717, 1.165) is 34.3 Å². The molecule has 0 unspecified atom stereocenters. The first-order valence-electron chi connectivity index (χ1n) is 9.87. The Labute approximate surface area is 204 Å². The van der Waals surface area contributed by atoms with Crippen LogP contribution in [0.5, 0.6) is 11.5 Å². The second-order valence-corrected chi connectivity index (χ2v) is 6.91. The lowest BCUT2D eigenvalue weighted by molar-refractivity contribution is 0.382. The van der Waals surface area contributed by atoms with Crippen molar-refractivity contribution in [2.75, 3.05) is 34.9 Å². The predicted octanol–water partition coefficient (Wildman–Crippen LogP) is 4.37. The minimum absolute atomic E-state index is 0. The highest BCUT2D eigenvalue weighted by Crippen LogP contribution is 2.25. The predicted molar refractivity (Wildman–Crippen MR) is 133 cm³/mol. The average molecular weight is 554 g/mol. The molecule has 0 aliphatic rings. The van der Waals surface area contributed by atoms with Crippen LogP contribution in [0.1, 0.15) is 11.3 Å². The van der Waals surface area contributed by atoms with E-state index in [0.29, 0.717) is 25.4 Å². The summed E-state index contributed by atoms with van der Waals surface area (Å²) in [5.74, 6) is 2.45. The molecule has 7 nitrogen and oxygen atoms in total. The van der Waals surface area contributed by atoms with Gasteiger partial charge in [-0.25, -0.2) is 9.37 Å². The van der Waals surface area contributed by atoms with Gasteiger partial charge in [-0.15, -0.1) is 24.0 Å². The van der Waals surface area contributed by atoms with Gasteiger partial charge < -0.3 is 24.1 Å². The summed E-state index contributed by atoms with van der Waals surface area (Å²) in [6, 6.07) is 11.8. The minimum Gasteiger partial charge on any atom is -0.497 e. The van der Waals surface area contributed by atoms with Gasteiger partial charge in [-0.05, 0) is 36.4 Å². The van der Waals surface area contributed by atoms with Crippen LogP contribution in [0.2, 0.25) is 0 Å². The monoisotopic (exact) mass is 554 g/mol. The highest BCUT2D eigenvalue weighted by molar-refractivity contribution is 14.0. The largest absolute Gasteiger partial charge is 0.497 e. The third-order valence-corrected chi connectivity index (χ3v) is 4.78. The van der Waals surface area contributed by atoms with Crippen LogP contribution >= 0.6 is 24.0 Å². The number of ether oxygens (including phenoxy) is 2. The molecule has 0 bridgehead atoms. The van der Waals surface area contributed by atoms with Gasteiger partial charge in [0.15, 0.2) is 5.96 Å². The van der Waals surface area contributed by atoms with E-state index in [4.69, 9.17) is 13.9 Å². The Bertz CT molecular complexity index is 1020. The highest BCUT2D eigenvalue weighted by Gasteiger charge is 2.12. The van der Waals surface area contributed by atoms with Gasteiger partial charge in [-0.2, -0.15) is 0 Å². The van der Waals surface area contributed by atoms with Gasteiger partial charge in [0.2, 0.25) is 5.89 Å². The van der Waals surface area contributed by atoms with Crippen LogP contribution in [0, 0.1) is 5.82 Å². The van der Waals surface area contributed by atoms with Crippen LogP contribution in [-0.2, 0) is 13.0 Å². The van der Waals surface area contributed by atoms with Gasteiger partial charge >= 0.3 is 0 Å². The molecule has 0 aliphatic carbocycles. The number of oxazole rings is 1. The lowest BCUT2D eigenvalue weighted by Crippen LogP contribution is -2.39. The van der Waals surface area contributed by atoms with E-state index in [1.165, 1.54) is 12.1 Å². The van der Waals surface area contributed by atoms with Crippen LogP contribution in [0.4, 0.5) is 4.39 Å². The molecule has 172 valence electrons. The maximum absolute atomic E-state index is 13.1. The summed E-state index contributed by atoms with van der Waals surface area (Å²) < 4.78 is 29.3. The summed E-state index contributed by atoms with van der Waals surface area (Å²) in [7, 11) is 6.97. The third kappa shape index (κ3) is 6.59. The highest BCUT2D eigenvalue weighted by atomic mass is 127. The number of nitrogens with one attached hydrogen (secondary N) is 1. The van der Waals surface area contributed by atoms with Crippen LogP contribution in [0.3, 0.4) is 0 Å². The van der Waals surface area contributed by atoms with E-state index < -0.39 is 0 Å². The Morgan fingerprint density at radius 2 is 1.91 bits per heavy atom. The fraction of sp³-hybridized carbons (Fsp3) is 0.304. The zero-order valence-corrected chi connectivity index (χ0v) is 20.9. The number of aromatic nitrogens is 1. The Balaban J connectivity index is 0.00000363. The molecule has 0 atom stereocenters. The van der Waals surface area contributed by atoms with Gasteiger partial charge in [-0.1, -0.05) is 0 Å². The number of halogens is 2. The van der Waals surface area contributed by atoms with Crippen molar-refractivity contribution in [1.29, 1.82) is 0 Å². The number of benzene rings is 2. The molecular weight excluding hydrogens is 526 g/mol. The van der Waals surface area contributed by atoms with E-state index in [1.807, 2.05) is 30.1 Å². The number of methoxy groups -OCH3 is 2. The number of hydrogen-bond acceptors (Lipinski definition) is 5. The van der Waals surface area contributed by atoms with Crippen LogP contribution in [-0.4, -0.2) is 50.7 Å². The van der Waals surface area contributed by atoms with E-state index in [2.05, 4.69) is 15.3 Å². The topological polar surface area (TPSA) is 72.1 Å². The third-order valence-electron chi connectivity index (χ3n) is 4.78. The molecule has 3 rings (SSSR count). The van der Waals surface area contributed by atoms with Gasteiger partial charge in [0.05, 0.1) is 19.9 Å². The van der Waals surface area contributed by atoms with Gasteiger partial charge in [0.25, 0.3) is 0 Å². The molecule has 2 aromatic carbocycles. The van der Waals surface area contributed by atoms with Gasteiger partial charge in [-0.3, -0.25) is 4.99 Å². The Kier molecular flexibility index (Phi) is 9.76. The molecule has 9 heteroatoms. The Morgan fingerprint density at radius 3 is 2.56 bits per heavy atom. The van der Waals surface area contributed by atoms with Crippen LogP contribution < -0.4 is 14.8 Å². The van der Waals surface area contributed by atoms with Crippen molar-refractivity contribution < 1.29 is 18.3 Å². The SMILES string of the molecule is CN=C(NCCc1coc(-c2ccc(F)cc2)n1)N(C)Cc1ccc(OC)cc1OC.I. The molecule has 0 amide bonds. The standard InChI is InChI=1S/C23H27FN4O3.HI/c1-25-23(28(2)14-17-7-10-20(29-3)13-21(17)30-4)26-12-11-19-15-31-22(27-19)16-5-8-18(24)9-6-16;/h5-10,13,15H,11-12,14H2,1-4H3,(H,25,26);1H. The molecule has 1 N–H and O–H groups in total. The minimum atomic E-state index is -0.289. The first-order valence-corrected chi connectivity index (χ1v) is 9.87. The second-order valence-electron chi connectivity index (χ2n) is 6.91. The molecule has 3 aromatic rings. The molecule has 0 aliphatic heterocycles.